The van der Waals surface area contributed by atoms with Crippen LogP contribution in [0.1, 0.15) is 55.7 Å². The van der Waals surface area contributed by atoms with Gasteiger partial charge in [-0.05, 0) is 60.0 Å². The molecule has 0 bridgehead atoms. The van der Waals surface area contributed by atoms with Gasteiger partial charge in [0.1, 0.15) is 12.9 Å². The number of hydrogen-bond donors (Lipinski definition) is 0. The van der Waals surface area contributed by atoms with Crippen LogP contribution in [0.2, 0.25) is 18.6 Å². The predicted molar refractivity (Wildman–Crippen MR) is 133 cm³/mol. The molecule has 0 N–H and O–H groups in total. The van der Waals surface area contributed by atoms with Gasteiger partial charge in [0.15, 0.2) is 6.20 Å². The van der Waals surface area contributed by atoms with E-state index >= 15 is 0 Å². The van der Waals surface area contributed by atoms with Gasteiger partial charge >= 0.3 is 0 Å². The summed E-state index contributed by atoms with van der Waals surface area (Å²) in [5.41, 5.74) is 5.86. The highest BCUT2D eigenvalue weighted by Crippen LogP contribution is 2.38. The maximum absolute atomic E-state index is 14.7. The number of hydrogen-bond acceptors (Lipinski definition) is 0. The molecule has 1 heterocycles. The molecule has 1 fully saturated rings. The average molecular weight is 435 g/mol. The fourth-order valence-electron chi connectivity index (χ4n) is 5.63. The second kappa shape index (κ2) is 8.50. The van der Waals surface area contributed by atoms with E-state index in [1.165, 1.54) is 48.6 Å². The summed E-state index contributed by atoms with van der Waals surface area (Å²) in [6.07, 6.45) is 9.89. The van der Waals surface area contributed by atoms with Crippen LogP contribution < -0.4 is 9.75 Å². The van der Waals surface area contributed by atoms with Gasteiger partial charge in [-0.2, -0.15) is 0 Å². The maximum atomic E-state index is 14.7. The molecule has 1 saturated carbocycles. The first-order valence-corrected chi connectivity index (χ1v) is 15.0. The fourth-order valence-corrected chi connectivity index (χ4v) is 8.99. The van der Waals surface area contributed by atoms with Crippen LogP contribution in [0.5, 0.6) is 0 Å². The number of aromatic nitrogens is 1. The summed E-state index contributed by atoms with van der Waals surface area (Å²) >= 11 is 0. The standard InChI is InChI=1S/C28H37FNSi/c1-7-21-18-26(19(2)20(3)27(21)29)28-25-14-13-24(17-22(25)15-16-30(28)4)31(5,6)23-11-9-8-10-12-23/h13-18,23H,7-12H2,1-6H3/q+1. The van der Waals surface area contributed by atoms with Gasteiger partial charge in [-0.3, -0.25) is 0 Å². The Kier molecular flexibility index (Phi) is 6.09. The second-order valence-corrected chi connectivity index (χ2v) is 15.0. The summed E-state index contributed by atoms with van der Waals surface area (Å²) in [5.74, 6) is -0.0471. The van der Waals surface area contributed by atoms with Gasteiger partial charge in [0.05, 0.1) is 19.0 Å². The van der Waals surface area contributed by atoms with Crippen LogP contribution in [0.15, 0.2) is 36.5 Å². The Morgan fingerprint density at radius 3 is 2.39 bits per heavy atom. The van der Waals surface area contributed by atoms with Gasteiger partial charge in [0, 0.05) is 6.07 Å². The van der Waals surface area contributed by atoms with Gasteiger partial charge in [0.25, 0.3) is 0 Å². The monoisotopic (exact) mass is 434 g/mol. The first-order chi connectivity index (χ1) is 14.8. The molecule has 0 amide bonds. The molecule has 0 aliphatic heterocycles. The van der Waals surface area contributed by atoms with Crippen molar-refractivity contribution >= 4 is 24.0 Å². The number of benzene rings is 2. The van der Waals surface area contributed by atoms with Crippen molar-refractivity contribution in [3.05, 3.63) is 59.0 Å². The van der Waals surface area contributed by atoms with E-state index < -0.39 is 8.07 Å². The first-order valence-electron chi connectivity index (χ1n) is 12.0. The van der Waals surface area contributed by atoms with E-state index in [1.54, 1.807) is 5.19 Å². The van der Waals surface area contributed by atoms with Crippen LogP contribution >= 0.6 is 0 Å². The van der Waals surface area contributed by atoms with E-state index in [0.717, 1.165) is 27.8 Å². The van der Waals surface area contributed by atoms with Crippen LogP contribution in [-0.4, -0.2) is 8.07 Å². The van der Waals surface area contributed by atoms with Crippen molar-refractivity contribution in [2.24, 2.45) is 7.05 Å². The lowest BCUT2D eigenvalue weighted by atomic mass is 9.93. The number of pyridine rings is 1. The Balaban J connectivity index is 1.87. The third-order valence-electron chi connectivity index (χ3n) is 8.04. The molecule has 3 heteroatoms. The van der Waals surface area contributed by atoms with Gasteiger partial charge in [-0.25, -0.2) is 8.96 Å². The zero-order chi connectivity index (χ0) is 22.3. The van der Waals surface area contributed by atoms with E-state index in [1.807, 2.05) is 13.8 Å². The number of halogens is 1. The van der Waals surface area contributed by atoms with Gasteiger partial charge in [0.2, 0.25) is 5.69 Å². The van der Waals surface area contributed by atoms with Crippen molar-refractivity contribution in [2.75, 3.05) is 0 Å². The van der Waals surface area contributed by atoms with Crippen molar-refractivity contribution in [1.82, 2.24) is 0 Å². The summed E-state index contributed by atoms with van der Waals surface area (Å²) in [5, 5.41) is 4.15. The summed E-state index contributed by atoms with van der Waals surface area (Å²) in [6.45, 7) is 11.1. The smallest absolute Gasteiger partial charge is 0.206 e. The minimum absolute atomic E-state index is 0.0471. The molecule has 0 radical (unpaired) electrons. The van der Waals surface area contributed by atoms with Crippen LogP contribution in [0, 0.1) is 19.7 Å². The molecule has 31 heavy (non-hydrogen) atoms. The molecule has 0 unspecified atom stereocenters. The zero-order valence-corrected chi connectivity index (χ0v) is 21.1. The lowest BCUT2D eigenvalue weighted by molar-refractivity contribution is -0.659. The second-order valence-electron chi connectivity index (χ2n) is 10.1. The number of nitrogens with zero attached hydrogens (tertiary/aromatic N) is 1. The van der Waals surface area contributed by atoms with Crippen molar-refractivity contribution in [1.29, 1.82) is 0 Å². The van der Waals surface area contributed by atoms with Crippen molar-refractivity contribution in [2.45, 2.75) is 77.9 Å². The number of rotatable bonds is 4. The normalized spacial score (nSPS) is 15.6. The summed E-state index contributed by atoms with van der Waals surface area (Å²) in [6, 6.07) is 11.5. The molecule has 0 saturated heterocycles. The molecule has 4 rings (SSSR count). The van der Waals surface area contributed by atoms with E-state index in [-0.39, 0.29) is 5.82 Å². The summed E-state index contributed by atoms with van der Waals surface area (Å²) < 4.78 is 16.9. The molecule has 2 aromatic carbocycles. The minimum atomic E-state index is -1.50. The lowest BCUT2D eigenvalue weighted by Crippen LogP contribution is -2.46. The van der Waals surface area contributed by atoms with Crippen LogP contribution in [-0.2, 0) is 13.5 Å². The summed E-state index contributed by atoms with van der Waals surface area (Å²) in [7, 11) is 0.600. The topological polar surface area (TPSA) is 3.88 Å². The molecular weight excluding hydrogens is 397 g/mol. The highest BCUT2D eigenvalue weighted by Gasteiger charge is 2.34. The molecular formula is C28H37FNSi+. The van der Waals surface area contributed by atoms with Crippen molar-refractivity contribution < 1.29 is 8.96 Å². The van der Waals surface area contributed by atoms with E-state index in [9.17, 15) is 4.39 Å². The fraction of sp³-hybridized carbons (Fsp3) is 0.464. The molecule has 164 valence electrons. The molecule has 3 aromatic rings. The van der Waals surface area contributed by atoms with Crippen LogP contribution in [0.3, 0.4) is 0 Å². The first kappa shape index (κ1) is 22.2. The highest BCUT2D eigenvalue weighted by molar-refractivity contribution is 6.91. The Bertz CT molecular complexity index is 1130. The largest absolute Gasteiger partial charge is 0.220 e. The Labute approximate surface area is 188 Å². The maximum Gasteiger partial charge on any atom is 0.220 e. The highest BCUT2D eigenvalue weighted by atomic mass is 28.3. The molecule has 1 nitrogen and oxygen atoms in total. The molecule has 1 aliphatic carbocycles. The van der Waals surface area contributed by atoms with E-state index in [0.29, 0.717) is 6.42 Å². The number of aryl methyl sites for hydroxylation is 2. The summed E-state index contributed by atoms with van der Waals surface area (Å²) in [4.78, 5) is 0. The third-order valence-corrected chi connectivity index (χ3v) is 12.5. The van der Waals surface area contributed by atoms with Crippen LogP contribution in [0.25, 0.3) is 22.0 Å². The average Bonchev–Trinajstić information content (AvgIpc) is 2.78. The number of fused-ring (bicyclic) bond motifs is 1. The Hall–Kier alpha value is -2.00. The molecule has 0 atom stereocenters. The predicted octanol–water partition coefficient (Wildman–Crippen LogP) is 6.90. The Morgan fingerprint density at radius 1 is 1.00 bits per heavy atom. The zero-order valence-electron chi connectivity index (χ0n) is 20.1. The van der Waals surface area contributed by atoms with Gasteiger partial charge in [-0.1, -0.05) is 69.4 Å². The molecule has 0 spiro atoms. The van der Waals surface area contributed by atoms with Gasteiger partial charge < -0.3 is 0 Å². The van der Waals surface area contributed by atoms with E-state index in [4.69, 9.17) is 0 Å². The quantitative estimate of drug-likeness (QED) is 0.311. The van der Waals surface area contributed by atoms with Crippen molar-refractivity contribution in [3.63, 3.8) is 0 Å². The molecule has 1 aliphatic rings. The lowest BCUT2D eigenvalue weighted by Gasteiger charge is -2.36. The van der Waals surface area contributed by atoms with Crippen LogP contribution in [0.4, 0.5) is 4.39 Å². The molecule has 1 aromatic heterocycles. The van der Waals surface area contributed by atoms with Crippen molar-refractivity contribution in [3.8, 4) is 11.3 Å². The SMILES string of the molecule is CCc1cc(-c2c3ccc([Si](C)(C)C4CCCCC4)cc3cc[n+]2C)c(C)c(C)c1F. The van der Waals surface area contributed by atoms with E-state index in [2.05, 4.69) is 68.2 Å². The van der Waals surface area contributed by atoms with Gasteiger partial charge in [-0.15, -0.1) is 0 Å². The Morgan fingerprint density at radius 2 is 1.71 bits per heavy atom. The third kappa shape index (κ3) is 3.86. The minimum Gasteiger partial charge on any atom is -0.206 e.